The Labute approximate surface area is 176 Å². The van der Waals surface area contributed by atoms with E-state index < -0.39 is 0 Å². The van der Waals surface area contributed by atoms with E-state index in [0.29, 0.717) is 23.4 Å². The molecule has 2 aromatic carbocycles. The van der Waals surface area contributed by atoms with Gasteiger partial charge in [-0.15, -0.1) is 0 Å². The van der Waals surface area contributed by atoms with E-state index in [1.165, 1.54) is 11.6 Å². The van der Waals surface area contributed by atoms with Crippen molar-refractivity contribution >= 4 is 28.9 Å². The van der Waals surface area contributed by atoms with Crippen LogP contribution in [0.5, 0.6) is 5.75 Å². The normalized spacial score (nSPS) is 13.5. The van der Waals surface area contributed by atoms with Crippen LogP contribution in [0.1, 0.15) is 44.2 Å². The number of carbonyl (C=O) groups is 2. The minimum Gasteiger partial charge on any atom is -0.507 e. The number of amides is 2. The minimum absolute atomic E-state index is 0.0314. The molecule has 7 nitrogen and oxygen atoms in total. The molecule has 1 aliphatic heterocycles. The number of aryl methyl sites for hydroxylation is 1. The number of phenolic OH excluding ortho intramolecular Hbond substituents is 1. The van der Waals surface area contributed by atoms with Crippen molar-refractivity contribution < 1.29 is 14.7 Å². The van der Waals surface area contributed by atoms with Gasteiger partial charge >= 0.3 is 0 Å². The molecule has 0 aromatic heterocycles. The maximum Gasteiger partial charge on any atom is 0.259 e. The number of hydrogen-bond acceptors (Lipinski definition) is 5. The van der Waals surface area contributed by atoms with Gasteiger partial charge in [-0.1, -0.05) is 25.1 Å². The summed E-state index contributed by atoms with van der Waals surface area (Å²) in [5, 5.41) is 17.1. The fourth-order valence-electron chi connectivity index (χ4n) is 3.55. The Balaban J connectivity index is 1.65. The molecule has 30 heavy (non-hydrogen) atoms. The van der Waals surface area contributed by atoms with E-state index in [2.05, 4.69) is 26.8 Å². The largest absolute Gasteiger partial charge is 0.507 e. The molecule has 2 aromatic rings. The quantitative estimate of drug-likeness (QED) is 0.372. The number of nitrogens with one attached hydrogen (secondary N) is 2. The molecule has 0 bridgehead atoms. The lowest BCUT2D eigenvalue weighted by Gasteiger charge is -2.30. The zero-order valence-electron chi connectivity index (χ0n) is 17.4. The highest BCUT2D eigenvalue weighted by atomic mass is 16.3. The Kier molecular flexibility index (Phi) is 7.06. The zero-order valence-corrected chi connectivity index (χ0v) is 17.4. The molecule has 0 unspecified atom stereocenters. The van der Waals surface area contributed by atoms with E-state index in [1.54, 1.807) is 19.1 Å². The number of phenols is 1. The summed E-state index contributed by atoms with van der Waals surface area (Å²) in [5.74, 6) is -0.277. The molecule has 0 saturated heterocycles. The summed E-state index contributed by atoms with van der Waals surface area (Å²) in [6.07, 6.45) is 3.22. The van der Waals surface area contributed by atoms with Crippen molar-refractivity contribution in [2.24, 2.45) is 5.10 Å². The number of nitrogens with zero attached hydrogens (tertiary/aromatic N) is 2. The fraction of sp³-hybridized carbons (Fsp3) is 0.348. The first-order valence-corrected chi connectivity index (χ1v) is 10.3. The van der Waals surface area contributed by atoms with Crippen LogP contribution in [-0.4, -0.2) is 35.7 Å². The lowest BCUT2D eigenvalue weighted by molar-refractivity contribution is -0.119. The van der Waals surface area contributed by atoms with Gasteiger partial charge in [0.1, 0.15) is 5.75 Å². The van der Waals surface area contributed by atoms with Crippen molar-refractivity contribution in [3.05, 3.63) is 53.6 Å². The first-order valence-electron chi connectivity index (χ1n) is 10.3. The molecule has 7 heteroatoms. The molecular weight excluding hydrogens is 380 g/mol. The van der Waals surface area contributed by atoms with Gasteiger partial charge in [-0.2, -0.15) is 5.10 Å². The lowest BCUT2D eigenvalue weighted by atomic mass is 10.0. The summed E-state index contributed by atoms with van der Waals surface area (Å²) < 4.78 is 0. The Morgan fingerprint density at radius 1 is 1.17 bits per heavy atom. The molecule has 0 spiro atoms. The van der Waals surface area contributed by atoms with Crippen LogP contribution in [0.15, 0.2) is 47.6 Å². The second-order valence-electron chi connectivity index (χ2n) is 7.42. The summed E-state index contributed by atoms with van der Waals surface area (Å²) >= 11 is 0. The van der Waals surface area contributed by atoms with E-state index in [1.807, 2.05) is 25.1 Å². The lowest BCUT2D eigenvalue weighted by Crippen LogP contribution is -2.38. The average molecular weight is 409 g/mol. The Bertz CT molecular complexity index is 955. The summed E-state index contributed by atoms with van der Waals surface area (Å²) in [6.45, 7) is 4.67. The molecule has 0 radical (unpaired) electrons. The highest BCUT2D eigenvalue weighted by Gasteiger charge is 2.18. The summed E-state index contributed by atoms with van der Waals surface area (Å²) in [5.41, 5.74) is 6.40. The molecule has 0 fully saturated rings. The van der Waals surface area contributed by atoms with Gasteiger partial charge in [-0.05, 0) is 56.0 Å². The summed E-state index contributed by atoms with van der Waals surface area (Å²) in [7, 11) is 0. The highest BCUT2D eigenvalue weighted by Crippen LogP contribution is 2.26. The zero-order chi connectivity index (χ0) is 21.5. The van der Waals surface area contributed by atoms with Crippen LogP contribution in [0.25, 0.3) is 0 Å². The average Bonchev–Trinajstić information content (AvgIpc) is 2.74. The fourth-order valence-corrected chi connectivity index (χ4v) is 3.55. The number of rotatable bonds is 7. The van der Waals surface area contributed by atoms with Gasteiger partial charge in [0.15, 0.2) is 0 Å². The van der Waals surface area contributed by atoms with Crippen LogP contribution < -0.4 is 15.6 Å². The molecule has 3 N–H and O–H groups in total. The number of hydrazone groups is 1. The molecule has 1 heterocycles. The van der Waals surface area contributed by atoms with Gasteiger partial charge < -0.3 is 15.3 Å². The topological polar surface area (TPSA) is 94.0 Å². The number of aromatic hydroxyl groups is 1. The van der Waals surface area contributed by atoms with Gasteiger partial charge in [0.25, 0.3) is 5.91 Å². The Morgan fingerprint density at radius 2 is 1.97 bits per heavy atom. The van der Waals surface area contributed by atoms with Gasteiger partial charge in [-0.3, -0.25) is 9.59 Å². The molecular formula is C23H28N4O3. The number of benzene rings is 2. The van der Waals surface area contributed by atoms with E-state index in [4.69, 9.17) is 0 Å². The standard InChI is InChI=1S/C23H28N4O3/c1-3-7-22(29)24-18-11-12-21(28)19(14-18)16(2)25-26-23(30)15-27-13-6-9-17-8-4-5-10-20(17)27/h4-5,8,10-12,14,28H,3,6-7,9,13,15H2,1-2H3,(H,24,29)(H,26,30)/b25-16+. The summed E-state index contributed by atoms with van der Waals surface area (Å²) in [6, 6.07) is 12.9. The molecule has 3 rings (SSSR count). The van der Waals surface area contributed by atoms with E-state index in [0.717, 1.165) is 31.5 Å². The van der Waals surface area contributed by atoms with Gasteiger partial charge in [0, 0.05) is 29.9 Å². The van der Waals surface area contributed by atoms with Crippen molar-refractivity contribution in [2.75, 3.05) is 23.3 Å². The first-order chi connectivity index (χ1) is 14.5. The predicted molar refractivity (Wildman–Crippen MR) is 119 cm³/mol. The molecule has 1 aliphatic rings. The third-order valence-electron chi connectivity index (χ3n) is 5.04. The van der Waals surface area contributed by atoms with Crippen molar-refractivity contribution in [1.82, 2.24) is 5.43 Å². The molecule has 0 atom stereocenters. The monoisotopic (exact) mass is 408 g/mol. The van der Waals surface area contributed by atoms with Crippen molar-refractivity contribution in [3.8, 4) is 5.75 Å². The van der Waals surface area contributed by atoms with Gasteiger partial charge in [0.2, 0.25) is 5.91 Å². The second-order valence-corrected chi connectivity index (χ2v) is 7.42. The van der Waals surface area contributed by atoms with Crippen LogP contribution in [-0.2, 0) is 16.0 Å². The maximum atomic E-state index is 12.4. The molecule has 0 aliphatic carbocycles. The van der Waals surface area contributed by atoms with Crippen molar-refractivity contribution in [2.45, 2.75) is 39.5 Å². The Morgan fingerprint density at radius 3 is 2.77 bits per heavy atom. The van der Waals surface area contributed by atoms with E-state index in [9.17, 15) is 14.7 Å². The number of fused-ring (bicyclic) bond motifs is 1. The molecule has 2 amide bonds. The van der Waals surface area contributed by atoms with Crippen molar-refractivity contribution in [1.29, 1.82) is 0 Å². The molecule has 158 valence electrons. The smallest absolute Gasteiger partial charge is 0.259 e. The Hall–Kier alpha value is -3.35. The number of para-hydroxylation sites is 1. The minimum atomic E-state index is -0.224. The van der Waals surface area contributed by atoms with Crippen molar-refractivity contribution in [3.63, 3.8) is 0 Å². The van der Waals surface area contributed by atoms with Crippen LogP contribution >= 0.6 is 0 Å². The van der Waals surface area contributed by atoms with Crippen LogP contribution in [0, 0.1) is 0 Å². The maximum absolute atomic E-state index is 12.4. The number of hydrogen-bond donors (Lipinski definition) is 3. The third-order valence-corrected chi connectivity index (χ3v) is 5.04. The second kappa shape index (κ2) is 9.91. The van der Waals surface area contributed by atoms with Crippen LogP contribution in [0.4, 0.5) is 11.4 Å². The van der Waals surface area contributed by atoms with E-state index >= 15 is 0 Å². The number of carbonyl (C=O) groups excluding carboxylic acids is 2. The summed E-state index contributed by atoms with van der Waals surface area (Å²) in [4.78, 5) is 26.3. The highest BCUT2D eigenvalue weighted by molar-refractivity contribution is 6.03. The predicted octanol–water partition coefficient (Wildman–Crippen LogP) is 3.42. The van der Waals surface area contributed by atoms with E-state index in [-0.39, 0.29) is 24.1 Å². The molecule has 0 saturated carbocycles. The SMILES string of the molecule is CCCC(=O)Nc1ccc(O)c(/C(C)=N/NC(=O)CN2CCCc3ccccc32)c1. The van der Waals surface area contributed by atoms with Crippen LogP contribution in [0.2, 0.25) is 0 Å². The third kappa shape index (κ3) is 5.37. The van der Waals surface area contributed by atoms with Gasteiger partial charge in [-0.25, -0.2) is 5.43 Å². The van der Waals surface area contributed by atoms with Gasteiger partial charge in [0.05, 0.1) is 12.3 Å². The number of anilines is 2. The van der Waals surface area contributed by atoms with Crippen LogP contribution in [0.3, 0.4) is 0 Å². The first kappa shape index (κ1) is 21.4.